The maximum Gasteiger partial charge on any atom is 0.386 e. The molecule has 0 radical (unpaired) electrons. The van der Waals surface area contributed by atoms with Crippen LogP contribution in [-0.4, -0.2) is 47.8 Å². The second-order valence-electron chi connectivity index (χ2n) is 5.45. The van der Waals surface area contributed by atoms with Gasteiger partial charge in [0, 0.05) is 6.61 Å². The molecule has 2 N–H and O–H groups in total. The number of aliphatic hydroxyl groups is 2. The zero-order valence-electron chi connectivity index (χ0n) is 12.1. The highest BCUT2D eigenvalue weighted by molar-refractivity contribution is 8.44. The van der Waals surface area contributed by atoms with E-state index < -0.39 is 19.0 Å². The summed E-state index contributed by atoms with van der Waals surface area (Å²) in [7, 11) is 0. The largest absolute Gasteiger partial charge is 0.396 e. The van der Waals surface area contributed by atoms with Crippen LogP contribution in [0.5, 0.6) is 0 Å². The van der Waals surface area contributed by atoms with Gasteiger partial charge in [-0.15, -0.1) is 0 Å². The highest BCUT2D eigenvalue weighted by Crippen LogP contribution is 2.55. The van der Waals surface area contributed by atoms with Crippen LogP contribution >= 0.6 is 19.0 Å². The van der Waals surface area contributed by atoms with Gasteiger partial charge in [0.2, 0.25) is 0 Å². The molecule has 0 spiro atoms. The van der Waals surface area contributed by atoms with E-state index in [-0.39, 0.29) is 25.4 Å². The SMILES string of the molecule is CC(C)C[C@H]1O[C@@H](C)[C@H](O)[C@@H]1OP(=O)(S)OCCCO. The number of rotatable bonds is 8. The summed E-state index contributed by atoms with van der Waals surface area (Å²) in [6.07, 6.45) is -1.25. The number of thiol groups is 1. The van der Waals surface area contributed by atoms with Crippen LogP contribution in [0, 0.1) is 5.92 Å². The van der Waals surface area contributed by atoms with Gasteiger partial charge in [-0.05, 0) is 25.7 Å². The molecule has 1 saturated heterocycles. The molecule has 6 nitrogen and oxygen atoms in total. The first kappa shape index (κ1) is 18.4. The molecule has 1 rings (SSSR count). The van der Waals surface area contributed by atoms with E-state index in [0.717, 1.165) is 0 Å². The summed E-state index contributed by atoms with van der Waals surface area (Å²) < 4.78 is 28.2. The molecule has 20 heavy (non-hydrogen) atoms. The molecule has 0 bridgehead atoms. The first-order valence-corrected chi connectivity index (χ1v) is 9.56. The normalized spacial score (nSPS) is 33.5. The first-order chi connectivity index (χ1) is 9.26. The third-order valence-corrected chi connectivity index (χ3v) is 4.74. The molecule has 5 atom stereocenters. The molecule has 0 saturated carbocycles. The smallest absolute Gasteiger partial charge is 0.386 e. The highest BCUT2D eigenvalue weighted by Gasteiger charge is 2.45. The summed E-state index contributed by atoms with van der Waals surface area (Å²) in [5, 5.41) is 18.7. The van der Waals surface area contributed by atoms with Crippen molar-refractivity contribution in [3.63, 3.8) is 0 Å². The van der Waals surface area contributed by atoms with Gasteiger partial charge in [-0.2, -0.15) is 0 Å². The molecule has 1 unspecified atom stereocenters. The van der Waals surface area contributed by atoms with Gasteiger partial charge < -0.3 is 19.5 Å². The minimum atomic E-state index is -3.57. The minimum Gasteiger partial charge on any atom is -0.396 e. The van der Waals surface area contributed by atoms with Crippen molar-refractivity contribution in [2.45, 2.75) is 58.0 Å². The predicted octanol–water partition coefficient (Wildman–Crippen LogP) is 2.00. The fourth-order valence-electron chi connectivity index (χ4n) is 2.13. The maximum atomic E-state index is 12.1. The van der Waals surface area contributed by atoms with Crippen molar-refractivity contribution >= 4 is 19.0 Å². The Labute approximate surface area is 125 Å². The van der Waals surface area contributed by atoms with Crippen molar-refractivity contribution in [3.8, 4) is 0 Å². The monoisotopic (exact) mass is 328 g/mol. The van der Waals surface area contributed by atoms with Crippen LogP contribution in [0.15, 0.2) is 0 Å². The molecule has 1 aliphatic rings. The van der Waals surface area contributed by atoms with Crippen molar-refractivity contribution in [2.75, 3.05) is 13.2 Å². The van der Waals surface area contributed by atoms with Gasteiger partial charge in [0.15, 0.2) is 0 Å². The third-order valence-electron chi connectivity index (χ3n) is 3.09. The Bertz CT molecular complexity index is 338. The van der Waals surface area contributed by atoms with E-state index >= 15 is 0 Å². The van der Waals surface area contributed by atoms with Gasteiger partial charge in [0.05, 0.1) is 18.8 Å². The molecule has 0 aromatic carbocycles. The summed E-state index contributed by atoms with van der Waals surface area (Å²) in [4.78, 5) is 0. The summed E-state index contributed by atoms with van der Waals surface area (Å²) in [5.41, 5.74) is 0. The molecule has 1 fully saturated rings. The first-order valence-electron chi connectivity index (χ1n) is 6.87. The topological polar surface area (TPSA) is 85.2 Å². The fourth-order valence-corrected chi connectivity index (χ4v) is 3.69. The second kappa shape index (κ2) is 8.13. The number of ether oxygens (including phenoxy) is 1. The summed E-state index contributed by atoms with van der Waals surface area (Å²) in [6, 6.07) is 0. The van der Waals surface area contributed by atoms with E-state index in [2.05, 4.69) is 12.2 Å². The quantitative estimate of drug-likeness (QED) is 0.359. The maximum absolute atomic E-state index is 12.1. The van der Waals surface area contributed by atoms with Crippen LogP contribution in [0.1, 0.15) is 33.6 Å². The highest BCUT2D eigenvalue weighted by atomic mass is 32.7. The minimum absolute atomic E-state index is 0.0596. The lowest BCUT2D eigenvalue weighted by molar-refractivity contribution is 0.00791. The van der Waals surface area contributed by atoms with Crippen molar-refractivity contribution in [3.05, 3.63) is 0 Å². The molecule has 0 aliphatic carbocycles. The number of hydrogen-bond donors (Lipinski definition) is 3. The van der Waals surface area contributed by atoms with E-state index in [9.17, 15) is 9.67 Å². The molecule has 0 aromatic heterocycles. The van der Waals surface area contributed by atoms with Crippen LogP contribution in [-0.2, 0) is 18.3 Å². The zero-order chi connectivity index (χ0) is 15.3. The van der Waals surface area contributed by atoms with Crippen molar-refractivity contribution in [2.24, 2.45) is 5.92 Å². The fraction of sp³-hybridized carbons (Fsp3) is 1.00. The standard InChI is InChI=1S/C12H25O6PS/c1-8(2)7-10-12(11(14)9(3)17-10)18-19(15,20)16-6-4-5-13/h8-14H,4-7H2,1-3H3,(H,15,20)/t9-,10+,11-,12+,19?/m0/s1. The van der Waals surface area contributed by atoms with Gasteiger partial charge in [0.1, 0.15) is 12.2 Å². The molecule has 120 valence electrons. The van der Waals surface area contributed by atoms with Crippen LogP contribution in [0.3, 0.4) is 0 Å². The summed E-state index contributed by atoms with van der Waals surface area (Å²) >= 11 is 3.90. The molecule has 1 heterocycles. The Balaban J connectivity index is 2.63. The molecule has 8 heteroatoms. The van der Waals surface area contributed by atoms with Gasteiger partial charge in [0.25, 0.3) is 0 Å². The Hall–Kier alpha value is 0.380. The second-order valence-corrected chi connectivity index (χ2v) is 8.32. The van der Waals surface area contributed by atoms with E-state index in [4.69, 9.17) is 18.9 Å². The molecule has 1 aliphatic heterocycles. The van der Waals surface area contributed by atoms with E-state index in [0.29, 0.717) is 18.8 Å². The predicted molar refractivity (Wildman–Crippen MR) is 78.9 cm³/mol. The van der Waals surface area contributed by atoms with Gasteiger partial charge in [-0.3, -0.25) is 4.52 Å². The lowest BCUT2D eigenvalue weighted by Crippen LogP contribution is -2.34. The van der Waals surface area contributed by atoms with E-state index in [1.807, 2.05) is 13.8 Å². The molecule has 0 amide bonds. The van der Waals surface area contributed by atoms with Gasteiger partial charge >= 0.3 is 6.80 Å². The molecular weight excluding hydrogens is 303 g/mol. The third kappa shape index (κ3) is 5.64. The van der Waals surface area contributed by atoms with E-state index in [1.165, 1.54) is 0 Å². The number of hydrogen-bond acceptors (Lipinski definition) is 6. The Morgan fingerprint density at radius 2 is 2.10 bits per heavy atom. The zero-order valence-corrected chi connectivity index (χ0v) is 13.9. The lowest BCUT2D eigenvalue weighted by Gasteiger charge is -2.24. The average molecular weight is 328 g/mol. The van der Waals surface area contributed by atoms with Crippen LogP contribution < -0.4 is 0 Å². The molecular formula is C12H25O6PS. The van der Waals surface area contributed by atoms with Crippen molar-refractivity contribution in [1.82, 2.24) is 0 Å². The van der Waals surface area contributed by atoms with Gasteiger partial charge in [-0.25, -0.2) is 4.57 Å². The van der Waals surface area contributed by atoms with Crippen molar-refractivity contribution in [1.29, 1.82) is 0 Å². The average Bonchev–Trinajstić information content (AvgIpc) is 2.56. The van der Waals surface area contributed by atoms with E-state index in [1.54, 1.807) is 6.92 Å². The summed E-state index contributed by atoms with van der Waals surface area (Å²) in [5.74, 6) is 0.359. The van der Waals surface area contributed by atoms with Crippen LogP contribution in [0.4, 0.5) is 0 Å². The lowest BCUT2D eigenvalue weighted by atomic mass is 10.00. The number of aliphatic hydroxyl groups excluding tert-OH is 2. The Kier molecular flexibility index (Phi) is 7.49. The van der Waals surface area contributed by atoms with Crippen molar-refractivity contribution < 1.29 is 28.6 Å². The Morgan fingerprint density at radius 1 is 1.45 bits per heavy atom. The Morgan fingerprint density at radius 3 is 2.65 bits per heavy atom. The summed E-state index contributed by atoms with van der Waals surface area (Å²) in [6.45, 7) is 2.27. The van der Waals surface area contributed by atoms with Gasteiger partial charge in [-0.1, -0.05) is 26.1 Å². The van der Waals surface area contributed by atoms with Crippen LogP contribution in [0.25, 0.3) is 0 Å². The molecule has 0 aromatic rings. The van der Waals surface area contributed by atoms with Crippen LogP contribution in [0.2, 0.25) is 0 Å².